The van der Waals surface area contributed by atoms with Gasteiger partial charge in [-0.15, -0.1) is 0 Å². The van der Waals surface area contributed by atoms with Crippen LogP contribution in [0.25, 0.3) is 0 Å². The smallest absolute Gasteiger partial charge is 0.0992 e. The highest BCUT2D eigenvalue weighted by molar-refractivity contribution is 5.49. The minimum atomic E-state index is 0.647. The summed E-state index contributed by atoms with van der Waals surface area (Å²) in [4.78, 5) is 0. The molecule has 0 spiro atoms. The Morgan fingerprint density at radius 2 is 2.30 bits per heavy atom. The largest absolute Gasteiger partial charge is 0.383 e. The molecule has 0 aromatic heterocycles. The zero-order valence-electron chi connectivity index (χ0n) is 5.46. The lowest BCUT2D eigenvalue weighted by Crippen LogP contribution is -1.83. The fraction of sp³-hybridized carbons (Fsp3) is 0. The molecule has 0 fully saturated rings. The second-order valence-corrected chi connectivity index (χ2v) is 1.87. The molecule has 1 radical (unpaired) electrons. The van der Waals surface area contributed by atoms with Crippen molar-refractivity contribution in [3.63, 3.8) is 0 Å². The molecule has 1 aromatic rings. The van der Waals surface area contributed by atoms with E-state index in [4.69, 9.17) is 5.26 Å². The third-order valence-corrected chi connectivity index (χ3v) is 1.20. The Bertz CT molecular complexity index is 260. The van der Waals surface area contributed by atoms with Crippen LogP contribution in [0.15, 0.2) is 24.3 Å². The normalized spacial score (nSPS) is 8.40. The molecular formula is C8H7N2. The summed E-state index contributed by atoms with van der Waals surface area (Å²) in [5.74, 6) is 0. The highest BCUT2D eigenvalue weighted by Crippen LogP contribution is 2.07. The van der Waals surface area contributed by atoms with Gasteiger partial charge in [0.15, 0.2) is 0 Å². The molecule has 2 heteroatoms. The first-order valence-corrected chi connectivity index (χ1v) is 2.90. The van der Waals surface area contributed by atoms with Gasteiger partial charge < -0.3 is 5.32 Å². The van der Waals surface area contributed by atoms with Gasteiger partial charge in [-0.25, -0.2) is 0 Å². The molecule has 10 heavy (non-hydrogen) atoms. The number of nitriles is 1. The van der Waals surface area contributed by atoms with E-state index < -0.39 is 0 Å². The fourth-order valence-corrected chi connectivity index (χ4v) is 0.699. The van der Waals surface area contributed by atoms with E-state index in [9.17, 15) is 0 Å². The molecule has 1 aromatic carbocycles. The first-order valence-electron chi connectivity index (χ1n) is 2.90. The average Bonchev–Trinajstić information content (AvgIpc) is 2.05. The van der Waals surface area contributed by atoms with Crippen molar-refractivity contribution in [1.29, 1.82) is 5.26 Å². The molecular weight excluding hydrogens is 124 g/mol. The molecule has 0 saturated carbocycles. The van der Waals surface area contributed by atoms with Gasteiger partial charge in [-0.3, -0.25) is 0 Å². The second-order valence-electron chi connectivity index (χ2n) is 1.87. The van der Waals surface area contributed by atoms with Crippen LogP contribution in [0.5, 0.6) is 0 Å². The molecule has 2 nitrogen and oxygen atoms in total. The monoisotopic (exact) mass is 131 g/mol. The van der Waals surface area contributed by atoms with Crippen molar-refractivity contribution < 1.29 is 0 Å². The molecule has 0 atom stereocenters. The van der Waals surface area contributed by atoms with E-state index in [1.165, 1.54) is 0 Å². The van der Waals surface area contributed by atoms with Gasteiger partial charge in [-0.05, 0) is 18.2 Å². The van der Waals surface area contributed by atoms with E-state index in [1.807, 2.05) is 18.2 Å². The van der Waals surface area contributed by atoms with Crippen molar-refractivity contribution in [2.45, 2.75) is 0 Å². The van der Waals surface area contributed by atoms with Crippen LogP contribution < -0.4 is 5.32 Å². The number of rotatable bonds is 1. The van der Waals surface area contributed by atoms with Crippen LogP contribution in [0.2, 0.25) is 0 Å². The zero-order chi connectivity index (χ0) is 7.40. The summed E-state index contributed by atoms with van der Waals surface area (Å²) in [6.07, 6.45) is 0. The van der Waals surface area contributed by atoms with E-state index in [0.717, 1.165) is 5.69 Å². The van der Waals surface area contributed by atoms with Gasteiger partial charge in [0.25, 0.3) is 0 Å². The van der Waals surface area contributed by atoms with Crippen molar-refractivity contribution in [2.75, 3.05) is 5.32 Å². The first-order chi connectivity index (χ1) is 4.86. The Morgan fingerprint density at radius 3 is 2.90 bits per heavy atom. The van der Waals surface area contributed by atoms with E-state index >= 15 is 0 Å². The molecule has 49 valence electrons. The number of nitrogens with zero attached hydrogens (tertiary/aromatic N) is 1. The van der Waals surface area contributed by atoms with Crippen molar-refractivity contribution in [3.8, 4) is 6.07 Å². The van der Waals surface area contributed by atoms with Crippen LogP contribution in [0.3, 0.4) is 0 Å². The lowest BCUT2D eigenvalue weighted by atomic mass is 10.2. The molecule has 0 heterocycles. The van der Waals surface area contributed by atoms with Crippen LogP contribution in [-0.2, 0) is 0 Å². The summed E-state index contributed by atoms with van der Waals surface area (Å²) >= 11 is 0. The fourth-order valence-electron chi connectivity index (χ4n) is 0.699. The number of benzene rings is 1. The maximum atomic E-state index is 8.46. The molecule has 1 rings (SSSR count). The van der Waals surface area contributed by atoms with Gasteiger partial charge in [0.2, 0.25) is 0 Å². The van der Waals surface area contributed by atoms with Gasteiger partial charge in [-0.1, -0.05) is 6.07 Å². The Kier molecular flexibility index (Phi) is 1.91. The van der Waals surface area contributed by atoms with Crippen LogP contribution >= 0.6 is 0 Å². The molecule has 0 unspecified atom stereocenters. The third kappa shape index (κ3) is 1.26. The van der Waals surface area contributed by atoms with Crippen molar-refractivity contribution in [2.24, 2.45) is 0 Å². The Hall–Kier alpha value is -1.49. The van der Waals surface area contributed by atoms with Gasteiger partial charge in [-0.2, -0.15) is 5.26 Å². The average molecular weight is 131 g/mol. The highest BCUT2D eigenvalue weighted by Gasteiger charge is 1.89. The Balaban J connectivity index is 3.01. The number of hydrogen-bond acceptors (Lipinski definition) is 2. The molecule has 0 bridgehead atoms. The van der Waals surface area contributed by atoms with Crippen molar-refractivity contribution >= 4 is 5.69 Å². The van der Waals surface area contributed by atoms with Gasteiger partial charge in [0.05, 0.1) is 11.6 Å². The Labute approximate surface area is 60.1 Å². The number of nitrogens with one attached hydrogen (secondary N) is 1. The highest BCUT2D eigenvalue weighted by atomic mass is 14.8. The van der Waals surface area contributed by atoms with Gasteiger partial charge in [0, 0.05) is 12.7 Å². The summed E-state index contributed by atoms with van der Waals surface area (Å²) in [5, 5.41) is 11.2. The van der Waals surface area contributed by atoms with E-state index in [0.29, 0.717) is 5.56 Å². The molecule has 0 aliphatic rings. The van der Waals surface area contributed by atoms with Crippen LogP contribution in [0.1, 0.15) is 5.56 Å². The van der Waals surface area contributed by atoms with Crippen LogP contribution in [0.4, 0.5) is 5.69 Å². The van der Waals surface area contributed by atoms with E-state index in [2.05, 4.69) is 12.4 Å². The Morgan fingerprint density at radius 1 is 1.50 bits per heavy atom. The standard InChI is InChI=1S/C8H7N2/c1-10-8-4-2-3-7(5-8)6-9/h2-5,10H,1H2. The quantitative estimate of drug-likeness (QED) is 0.630. The zero-order valence-corrected chi connectivity index (χ0v) is 5.46. The van der Waals surface area contributed by atoms with E-state index in [1.54, 1.807) is 12.1 Å². The topological polar surface area (TPSA) is 35.8 Å². The summed E-state index contributed by atoms with van der Waals surface area (Å²) in [5.41, 5.74) is 1.51. The maximum Gasteiger partial charge on any atom is 0.0992 e. The predicted octanol–water partition coefficient (Wildman–Crippen LogP) is 1.76. The van der Waals surface area contributed by atoms with Gasteiger partial charge >= 0.3 is 0 Å². The minimum absolute atomic E-state index is 0.647. The molecule has 1 N–H and O–H groups in total. The molecule has 0 amide bonds. The lowest BCUT2D eigenvalue weighted by molar-refractivity contribution is 1.47. The SMILES string of the molecule is [CH2]Nc1cccc(C#N)c1. The summed E-state index contributed by atoms with van der Waals surface area (Å²) in [6, 6.07) is 9.19. The lowest BCUT2D eigenvalue weighted by Gasteiger charge is -1.96. The van der Waals surface area contributed by atoms with Gasteiger partial charge in [0.1, 0.15) is 0 Å². The summed E-state index contributed by atoms with van der Waals surface area (Å²) in [6.45, 7) is 0. The van der Waals surface area contributed by atoms with Crippen LogP contribution in [0, 0.1) is 18.4 Å². The third-order valence-electron chi connectivity index (χ3n) is 1.20. The molecule has 0 aliphatic heterocycles. The van der Waals surface area contributed by atoms with Crippen molar-refractivity contribution in [3.05, 3.63) is 36.9 Å². The molecule has 0 saturated heterocycles. The maximum absolute atomic E-state index is 8.46. The molecule has 0 aliphatic carbocycles. The summed E-state index contributed by atoms with van der Waals surface area (Å²) in [7, 11) is 3.47. The summed E-state index contributed by atoms with van der Waals surface area (Å²) < 4.78 is 0. The first kappa shape index (κ1) is 6.63. The van der Waals surface area contributed by atoms with E-state index in [-0.39, 0.29) is 0 Å². The minimum Gasteiger partial charge on any atom is -0.383 e. The second kappa shape index (κ2) is 2.88. The van der Waals surface area contributed by atoms with Crippen LogP contribution in [-0.4, -0.2) is 0 Å². The number of hydrogen-bond donors (Lipinski definition) is 1. The van der Waals surface area contributed by atoms with Crippen molar-refractivity contribution in [1.82, 2.24) is 0 Å². The number of anilines is 1. The predicted molar refractivity (Wildman–Crippen MR) is 40.1 cm³/mol.